The summed E-state index contributed by atoms with van der Waals surface area (Å²) in [6.07, 6.45) is 4.59. The average Bonchev–Trinajstić information content (AvgIpc) is 3.04. The third-order valence-electron chi connectivity index (χ3n) is 4.34. The van der Waals surface area contributed by atoms with E-state index in [4.69, 9.17) is 4.74 Å². The number of esters is 1. The minimum absolute atomic E-state index is 0.113. The highest BCUT2D eigenvalue weighted by Crippen LogP contribution is 2.21. The number of carbonyl (C=O) groups excluding carboxylic acids is 2. The first-order valence-electron chi connectivity index (χ1n) is 8.24. The van der Waals surface area contributed by atoms with Crippen LogP contribution in [-0.2, 0) is 9.53 Å². The largest absolute Gasteiger partial charge is 0.459 e. The number of aromatic nitrogens is 1. The van der Waals surface area contributed by atoms with Gasteiger partial charge in [0.2, 0.25) is 5.91 Å². The number of H-pyrrole nitrogens is 1. The highest BCUT2D eigenvalue weighted by molar-refractivity contribution is 6.02. The zero-order valence-corrected chi connectivity index (χ0v) is 13.4. The van der Waals surface area contributed by atoms with Gasteiger partial charge in [-0.25, -0.2) is 4.79 Å². The first-order chi connectivity index (χ1) is 11.2. The molecule has 0 radical (unpaired) electrons. The number of benzene rings is 1. The van der Waals surface area contributed by atoms with E-state index in [1.54, 1.807) is 6.07 Å². The van der Waals surface area contributed by atoms with E-state index in [0.29, 0.717) is 37.9 Å². The fourth-order valence-corrected chi connectivity index (χ4v) is 3.06. The van der Waals surface area contributed by atoms with Gasteiger partial charge < -0.3 is 14.6 Å². The second kappa shape index (κ2) is 6.86. The normalized spacial score (nSPS) is 15.8. The SMILES string of the molecule is CCCC(=O)N1CCC(OC(=O)c2cccc3cc[nH]c23)CC1. The molecule has 1 amide bonds. The molecule has 0 aliphatic carbocycles. The lowest BCUT2D eigenvalue weighted by molar-refractivity contribution is -0.133. The third kappa shape index (κ3) is 3.38. The lowest BCUT2D eigenvalue weighted by Gasteiger charge is -2.31. The number of nitrogens with zero attached hydrogens (tertiary/aromatic N) is 1. The van der Waals surface area contributed by atoms with Crippen molar-refractivity contribution in [3.05, 3.63) is 36.0 Å². The molecule has 1 aromatic heterocycles. The van der Waals surface area contributed by atoms with Gasteiger partial charge in [-0.1, -0.05) is 19.1 Å². The van der Waals surface area contributed by atoms with Gasteiger partial charge in [-0.3, -0.25) is 4.79 Å². The van der Waals surface area contributed by atoms with Crippen LogP contribution in [0.2, 0.25) is 0 Å². The number of ether oxygens (including phenoxy) is 1. The van der Waals surface area contributed by atoms with E-state index in [9.17, 15) is 9.59 Å². The molecule has 0 bridgehead atoms. The smallest absolute Gasteiger partial charge is 0.340 e. The van der Waals surface area contributed by atoms with Crippen LogP contribution in [-0.4, -0.2) is 41.0 Å². The first kappa shape index (κ1) is 15.6. The molecule has 1 N–H and O–H groups in total. The van der Waals surface area contributed by atoms with E-state index in [-0.39, 0.29) is 18.0 Å². The molecule has 5 heteroatoms. The van der Waals surface area contributed by atoms with Crippen LogP contribution in [0.25, 0.3) is 10.9 Å². The van der Waals surface area contributed by atoms with Gasteiger partial charge in [-0.2, -0.15) is 0 Å². The van der Waals surface area contributed by atoms with Crippen molar-refractivity contribution in [3.8, 4) is 0 Å². The molecule has 0 atom stereocenters. The highest BCUT2D eigenvalue weighted by atomic mass is 16.5. The van der Waals surface area contributed by atoms with E-state index < -0.39 is 0 Å². The van der Waals surface area contributed by atoms with Crippen LogP contribution in [0.3, 0.4) is 0 Å². The van der Waals surface area contributed by atoms with Crippen LogP contribution in [0.1, 0.15) is 43.0 Å². The van der Waals surface area contributed by atoms with Crippen LogP contribution < -0.4 is 0 Å². The summed E-state index contributed by atoms with van der Waals surface area (Å²) < 4.78 is 5.65. The molecule has 0 unspecified atom stereocenters. The molecule has 2 heterocycles. The second-order valence-electron chi connectivity index (χ2n) is 5.98. The maximum Gasteiger partial charge on any atom is 0.340 e. The van der Waals surface area contributed by atoms with Crippen molar-refractivity contribution >= 4 is 22.8 Å². The number of piperidine rings is 1. The summed E-state index contributed by atoms with van der Waals surface area (Å²) in [5.41, 5.74) is 1.38. The molecule has 1 fully saturated rings. The molecule has 3 rings (SSSR count). The Balaban J connectivity index is 1.59. The average molecular weight is 314 g/mol. The molecule has 1 saturated heterocycles. The lowest BCUT2D eigenvalue weighted by Crippen LogP contribution is -2.41. The van der Waals surface area contributed by atoms with Gasteiger partial charge in [-0.15, -0.1) is 0 Å². The molecule has 2 aromatic rings. The van der Waals surface area contributed by atoms with Crippen molar-refractivity contribution in [2.75, 3.05) is 13.1 Å². The maximum absolute atomic E-state index is 12.4. The Morgan fingerprint density at radius 2 is 2.04 bits per heavy atom. The van der Waals surface area contributed by atoms with Crippen LogP contribution in [0.5, 0.6) is 0 Å². The van der Waals surface area contributed by atoms with Crippen molar-refractivity contribution in [1.29, 1.82) is 0 Å². The minimum atomic E-state index is -0.295. The fourth-order valence-electron chi connectivity index (χ4n) is 3.06. The van der Waals surface area contributed by atoms with E-state index in [0.717, 1.165) is 17.3 Å². The molecule has 23 heavy (non-hydrogen) atoms. The zero-order valence-electron chi connectivity index (χ0n) is 13.4. The Morgan fingerprint density at radius 3 is 2.78 bits per heavy atom. The van der Waals surface area contributed by atoms with Crippen molar-refractivity contribution < 1.29 is 14.3 Å². The first-order valence-corrected chi connectivity index (χ1v) is 8.24. The highest BCUT2D eigenvalue weighted by Gasteiger charge is 2.25. The Hall–Kier alpha value is -2.30. The van der Waals surface area contributed by atoms with Crippen LogP contribution in [0, 0.1) is 0 Å². The molecule has 1 aliphatic heterocycles. The van der Waals surface area contributed by atoms with Crippen molar-refractivity contribution in [2.24, 2.45) is 0 Å². The van der Waals surface area contributed by atoms with Crippen LogP contribution in [0.4, 0.5) is 0 Å². The summed E-state index contributed by atoms with van der Waals surface area (Å²) in [4.78, 5) is 29.3. The predicted octanol–water partition coefficient (Wildman–Crippen LogP) is 3.12. The summed E-state index contributed by atoms with van der Waals surface area (Å²) in [6.45, 7) is 3.35. The number of hydrogen-bond acceptors (Lipinski definition) is 3. The van der Waals surface area contributed by atoms with E-state index in [1.807, 2.05) is 36.2 Å². The molecule has 0 saturated carbocycles. The summed E-state index contributed by atoms with van der Waals surface area (Å²) >= 11 is 0. The standard InChI is InChI=1S/C18H22N2O3/c1-2-4-16(21)20-11-8-14(9-12-20)23-18(22)15-6-3-5-13-7-10-19-17(13)15/h3,5-7,10,14,19H,2,4,8-9,11-12H2,1H3. The van der Waals surface area contributed by atoms with Gasteiger partial charge in [0.05, 0.1) is 11.1 Å². The van der Waals surface area contributed by atoms with Crippen LogP contribution >= 0.6 is 0 Å². The predicted molar refractivity (Wildman–Crippen MR) is 88.2 cm³/mol. The molecular weight excluding hydrogens is 292 g/mol. The van der Waals surface area contributed by atoms with Gasteiger partial charge in [0.25, 0.3) is 0 Å². The Bertz CT molecular complexity index is 699. The van der Waals surface area contributed by atoms with Gasteiger partial charge in [-0.05, 0) is 18.6 Å². The fraction of sp³-hybridized carbons (Fsp3) is 0.444. The Kier molecular flexibility index (Phi) is 4.65. The number of nitrogens with one attached hydrogen (secondary N) is 1. The minimum Gasteiger partial charge on any atom is -0.459 e. The second-order valence-corrected chi connectivity index (χ2v) is 5.98. The molecule has 5 nitrogen and oxygen atoms in total. The molecule has 0 spiro atoms. The van der Waals surface area contributed by atoms with Crippen LogP contribution in [0.15, 0.2) is 30.5 Å². The summed E-state index contributed by atoms with van der Waals surface area (Å²) in [5.74, 6) is -0.0928. The molecular formula is C18H22N2O3. The zero-order chi connectivity index (χ0) is 16.2. The molecule has 122 valence electrons. The summed E-state index contributed by atoms with van der Waals surface area (Å²) in [5, 5.41) is 0.999. The number of hydrogen-bond donors (Lipinski definition) is 1. The quantitative estimate of drug-likeness (QED) is 0.882. The van der Waals surface area contributed by atoms with Crippen molar-refractivity contribution in [1.82, 2.24) is 9.88 Å². The maximum atomic E-state index is 12.4. The monoisotopic (exact) mass is 314 g/mol. The summed E-state index contributed by atoms with van der Waals surface area (Å²) in [7, 11) is 0. The van der Waals surface area contributed by atoms with E-state index >= 15 is 0 Å². The third-order valence-corrected chi connectivity index (χ3v) is 4.34. The lowest BCUT2D eigenvalue weighted by atomic mass is 10.1. The number of amides is 1. The number of aromatic amines is 1. The summed E-state index contributed by atoms with van der Waals surface area (Å²) in [6, 6.07) is 7.53. The van der Waals surface area contributed by atoms with Gasteiger partial charge >= 0.3 is 5.97 Å². The number of fused-ring (bicyclic) bond motifs is 1. The van der Waals surface area contributed by atoms with Gasteiger partial charge in [0.1, 0.15) is 6.10 Å². The van der Waals surface area contributed by atoms with E-state index in [2.05, 4.69) is 4.98 Å². The molecule has 1 aliphatic rings. The number of carbonyl (C=O) groups is 2. The molecule has 1 aromatic carbocycles. The van der Waals surface area contributed by atoms with Crippen molar-refractivity contribution in [3.63, 3.8) is 0 Å². The number of para-hydroxylation sites is 1. The number of likely N-dealkylation sites (tertiary alicyclic amines) is 1. The Morgan fingerprint density at radius 1 is 1.26 bits per heavy atom. The Labute approximate surface area is 135 Å². The van der Waals surface area contributed by atoms with E-state index in [1.165, 1.54) is 0 Å². The number of rotatable bonds is 4. The van der Waals surface area contributed by atoms with Gasteiger partial charge in [0, 0.05) is 43.9 Å². The van der Waals surface area contributed by atoms with Gasteiger partial charge in [0.15, 0.2) is 0 Å². The van der Waals surface area contributed by atoms with Crippen molar-refractivity contribution in [2.45, 2.75) is 38.7 Å². The topological polar surface area (TPSA) is 62.4 Å².